The molecule has 0 aromatic rings. The number of hydrogen-bond acceptors (Lipinski definition) is 18. The molecule has 0 aromatic carbocycles. The van der Waals surface area contributed by atoms with E-state index >= 15 is 0 Å². The van der Waals surface area contributed by atoms with E-state index in [1.54, 1.807) is 0 Å². The molecule has 0 saturated heterocycles. The number of unbranched alkanes of at least 4 members (excludes halogenated alkanes) is 38. The first-order valence-electron chi connectivity index (χ1n) is 51.3. The number of carbonyl (C=O) groups excluding carboxylic acids is 8. The highest BCUT2D eigenvalue weighted by atomic mass is 16.6. The van der Waals surface area contributed by atoms with Crippen LogP contribution in [0.4, 0.5) is 0 Å². The number of ether oxygens (including phenoxy) is 8. The topological polar surface area (TPSA) is 217 Å². The van der Waals surface area contributed by atoms with Gasteiger partial charge in [0.2, 0.25) is 0 Å². The van der Waals surface area contributed by atoms with Crippen molar-refractivity contribution in [2.24, 2.45) is 0 Å². The fraction of sp³-hybridized carbons (Fsp3) is 0.922. The normalized spacial score (nSPS) is 13.1. The molecule has 18 heteroatoms. The van der Waals surface area contributed by atoms with Crippen LogP contribution >= 0.6 is 0 Å². The number of rotatable bonds is 93. The smallest absolute Gasteiger partial charge is 0.307 e. The third-order valence-electron chi connectivity index (χ3n) is 23.7. The van der Waals surface area contributed by atoms with Crippen LogP contribution in [0.5, 0.6) is 0 Å². The fourth-order valence-electron chi connectivity index (χ4n) is 15.8. The van der Waals surface area contributed by atoms with Crippen LogP contribution < -0.4 is 0 Å². The van der Waals surface area contributed by atoms with E-state index < -0.39 is 0 Å². The van der Waals surface area contributed by atoms with Gasteiger partial charge in [-0.15, -0.1) is 0 Å². The predicted molar refractivity (Wildman–Crippen MR) is 494 cm³/mol. The molecule has 0 aliphatic rings. The number of carbonyl (C=O) groups is 8. The number of esters is 8. The standard InChI is InChI=1S/C102H192N2O16/c1-11-19-27-47-67-89(63-23-15-5)115-97(107)75-55-37-31-35-51-71-93(72-52-36-32-38-56-76-98(108)116-90(64-24-16-6)68-48-28-20-12-2)119-101(111)77-57-39-33-45-61-87-113-95(105)81-83-104(86-85-103(9)10)84-82-96(106)114-88-62-46-34-40-58-78-102(112)120-94(73-53-41-43-59-79-99(109)117-91(65-25-17-7)69-49-29-21-13-3)74-54-42-44-60-80-100(110)118-92(66-26-18-8)70-50-30-22-14-4/h89-94H,11-88H2,1-10H3. The van der Waals surface area contributed by atoms with Gasteiger partial charge in [0.25, 0.3) is 0 Å². The van der Waals surface area contributed by atoms with Crippen LogP contribution in [0.15, 0.2) is 0 Å². The SMILES string of the molecule is CCCCCCC(CCCC)OC(=O)CCCCCCCC(CCCCCCCC(=O)OC(CCCC)CCCCCC)OC(=O)CCCCCCCOC(=O)CCN(CCC(=O)OCCCCCCCC(=O)OC(CCCCCCC(=O)OC(CCCC)CCCCCC)CCCCCCC(=O)OC(CCCC)CCCCCC)CCN(C)C. The van der Waals surface area contributed by atoms with Crippen LogP contribution in [0.2, 0.25) is 0 Å². The number of hydrogen-bond donors (Lipinski definition) is 0. The maximum absolute atomic E-state index is 13.3. The fourth-order valence-corrected chi connectivity index (χ4v) is 15.8. The Hall–Kier alpha value is -4.32. The molecule has 0 bridgehead atoms. The van der Waals surface area contributed by atoms with E-state index in [-0.39, 0.29) is 97.2 Å². The van der Waals surface area contributed by atoms with Gasteiger partial charge in [0, 0.05) is 64.7 Å². The van der Waals surface area contributed by atoms with Gasteiger partial charge in [-0.3, -0.25) is 38.4 Å². The molecule has 0 radical (unpaired) electrons. The molecule has 4 unspecified atom stereocenters. The molecule has 0 fully saturated rings. The van der Waals surface area contributed by atoms with Gasteiger partial charge in [-0.2, -0.15) is 0 Å². The summed E-state index contributed by atoms with van der Waals surface area (Å²) >= 11 is 0. The number of nitrogens with zero attached hydrogens (tertiary/aromatic N) is 2. The Morgan fingerprint density at radius 2 is 0.358 bits per heavy atom. The highest BCUT2D eigenvalue weighted by Crippen LogP contribution is 2.25. The van der Waals surface area contributed by atoms with Crippen molar-refractivity contribution in [3.8, 4) is 0 Å². The van der Waals surface area contributed by atoms with E-state index in [4.69, 9.17) is 37.9 Å². The lowest BCUT2D eigenvalue weighted by Gasteiger charge is -2.23. The summed E-state index contributed by atoms with van der Waals surface area (Å²) in [6.07, 6.45) is 67.0. The van der Waals surface area contributed by atoms with Gasteiger partial charge in [-0.05, 0) is 194 Å². The molecule has 0 N–H and O–H groups in total. The maximum atomic E-state index is 13.3. The number of likely N-dealkylation sites (N-methyl/N-ethyl adjacent to an activating group) is 1. The maximum Gasteiger partial charge on any atom is 0.307 e. The monoisotopic (exact) mass is 1700 g/mol. The van der Waals surface area contributed by atoms with Crippen LogP contribution in [0.1, 0.15) is 518 Å². The quantitative estimate of drug-likeness (QED) is 0.0314. The second-order valence-corrected chi connectivity index (χ2v) is 35.8. The van der Waals surface area contributed by atoms with Crippen molar-refractivity contribution in [1.29, 1.82) is 0 Å². The van der Waals surface area contributed by atoms with Crippen molar-refractivity contribution >= 4 is 47.8 Å². The summed E-state index contributed by atoms with van der Waals surface area (Å²) in [4.78, 5) is 108. The lowest BCUT2D eigenvalue weighted by Crippen LogP contribution is -2.35. The molecule has 18 nitrogen and oxygen atoms in total. The lowest BCUT2D eigenvalue weighted by atomic mass is 10.0. The Labute approximate surface area is 737 Å². The molecule has 120 heavy (non-hydrogen) atoms. The minimum atomic E-state index is -0.251. The molecular formula is C102H192N2O16. The second-order valence-electron chi connectivity index (χ2n) is 35.8. The summed E-state index contributed by atoms with van der Waals surface area (Å²) in [5.74, 6) is -1.05. The van der Waals surface area contributed by atoms with E-state index in [9.17, 15) is 38.4 Å². The third kappa shape index (κ3) is 79.6. The summed E-state index contributed by atoms with van der Waals surface area (Å²) in [5, 5.41) is 0. The molecule has 0 spiro atoms. The van der Waals surface area contributed by atoms with Crippen molar-refractivity contribution in [1.82, 2.24) is 9.80 Å². The van der Waals surface area contributed by atoms with Crippen LogP contribution in [-0.2, 0) is 76.3 Å². The van der Waals surface area contributed by atoms with Gasteiger partial charge in [0.15, 0.2) is 0 Å². The van der Waals surface area contributed by atoms with Crippen molar-refractivity contribution in [2.75, 3.05) is 53.5 Å². The lowest BCUT2D eigenvalue weighted by molar-refractivity contribution is -0.151. The van der Waals surface area contributed by atoms with Gasteiger partial charge >= 0.3 is 47.8 Å². The first kappa shape index (κ1) is 116. The summed E-state index contributed by atoms with van der Waals surface area (Å²) in [5.41, 5.74) is 0. The highest BCUT2D eigenvalue weighted by Gasteiger charge is 2.22. The molecule has 0 aliphatic heterocycles. The summed E-state index contributed by atoms with van der Waals surface area (Å²) in [7, 11) is 4.02. The van der Waals surface area contributed by atoms with E-state index in [1.165, 1.54) is 77.0 Å². The molecule has 706 valence electrons. The van der Waals surface area contributed by atoms with Crippen molar-refractivity contribution in [2.45, 2.75) is 554 Å². The zero-order valence-electron chi connectivity index (χ0n) is 80.0. The molecule has 0 saturated carbocycles. The van der Waals surface area contributed by atoms with Gasteiger partial charge in [0.05, 0.1) is 26.1 Å². The molecule has 0 heterocycles. The molecule has 0 aromatic heterocycles. The van der Waals surface area contributed by atoms with Crippen LogP contribution in [0.3, 0.4) is 0 Å². The summed E-state index contributed by atoms with van der Waals surface area (Å²) in [6.45, 7) is 20.8. The Balaban J connectivity index is 5.04. The molecule has 4 atom stereocenters. The van der Waals surface area contributed by atoms with Crippen LogP contribution in [0, 0.1) is 0 Å². The first-order chi connectivity index (χ1) is 58.4. The van der Waals surface area contributed by atoms with Gasteiger partial charge in [-0.1, -0.05) is 287 Å². The van der Waals surface area contributed by atoms with E-state index in [2.05, 4.69) is 65.2 Å². The van der Waals surface area contributed by atoms with Gasteiger partial charge in [-0.25, -0.2) is 0 Å². The van der Waals surface area contributed by atoms with E-state index in [0.717, 1.165) is 340 Å². The average molecular weight is 1700 g/mol. The first-order valence-corrected chi connectivity index (χ1v) is 51.3. The zero-order chi connectivity index (χ0) is 88.0. The highest BCUT2D eigenvalue weighted by molar-refractivity contribution is 5.72. The summed E-state index contributed by atoms with van der Waals surface area (Å²) < 4.78 is 47.5. The Bertz CT molecular complexity index is 2250. The van der Waals surface area contributed by atoms with Gasteiger partial charge in [0.1, 0.15) is 36.6 Å². The third-order valence-corrected chi connectivity index (χ3v) is 23.7. The van der Waals surface area contributed by atoms with Crippen molar-refractivity contribution in [3.63, 3.8) is 0 Å². The molecule has 0 rings (SSSR count). The zero-order valence-corrected chi connectivity index (χ0v) is 80.0. The van der Waals surface area contributed by atoms with Crippen molar-refractivity contribution < 1.29 is 76.3 Å². The van der Waals surface area contributed by atoms with Crippen LogP contribution in [-0.4, -0.2) is 148 Å². The van der Waals surface area contributed by atoms with Gasteiger partial charge < -0.3 is 47.7 Å². The molecular weight excluding hydrogens is 1510 g/mol. The predicted octanol–water partition coefficient (Wildman–Crippen LogP) is 27.7. The Kier molecular flexibility index (Phi) is 85.0. The largest absolute Gasteiger partial charge is 0.466 e. The average Bonchev–Trinajstić information content (AvgIpc) is 1.04. The minimum absolute atomic E-state index is 0.0314. The Morgan fingerprint density at radius 3 is 0.558 bits per heavy atom. The molecule has 0 aliphatic carbocycles. The van der Waals surface area contributed by atoms with Crippen molar-refractivity contribution in [3.05, 3.63) is 0 Å². The second kappa shape index (κ2) is 88.1. The molecule has 0 amide bonds. The summed E-state index contributed by atoms with van der Waals surface area (Å²) in [6, 6.07) is 0. The van der Waals surface area contributed by atoms with Crippen LogP contribution in [0.25, 0.3) is 0 Å². The van der Waals surface area contributed by atoms with E-state index in [1.807, 2.05) is 14.1 Å². The minimum Gasteiger partial charge on any atom is -0.466 e. The Morgan fingerprint density at radius 1 is 0.183 bits per heavy atom. The van der Waals surface area contributed by atoms with E-state index in [0.29, 0.717) is 71.4 Å².